The highest BCUT2D eigenvalue weighted by Crippen LogP contribution is 2.23. The van der Waals surface area contributed by atoms with Crippen LogP contribution in [-0.4, -0.2) is 21.9 Å². The number of carbonyl (C=O) groups is 1. The number of rotatable bonds is 5. The number of aryl methyl sites for hydroxylation is 1. The molecule has 8 heteroatoms. The third-order valence-electron chi connectivity index (χ3n) is 2.47. The Morgan fingerprint density at radius 1 is 1.50 bits per heavy atom. The fourth-order valence-corrected chi connectivity index (χ4v) is 2.87. The predicted octanol–water partition coefficient (Wildman–Crippen LogP) is 1.98. The van der Waals surface area contributed by atoms with Crippen LogP contribution >= 0.6 is 23.1 Å². The van der Waals surface area contributed by atoms with Gasteiger partial charge in [0.25, 0.3) is 0 Å². The number of hydrogen-bond acceptors (Lipinski definition) is 6. The molecule has 0 aliphatic heterocycles. The van der Waals surface area contributed by atoms with Gasteiger partial charge >= 0.3 is 0 Å². The summed E-state index contributed by atoms with van der Waals surface area (Å²) in [4.78, 5) is 11.6. The molecule has 0 unspecified atom stereocenters. The summed E-state index contributed by atoms with van der Waals surface area (Å²) in [6.45, 7) is 2.00. The van der Waals surface area contributed by atoms with Crippen LogP contribution in [0.15, 0.2) is 22.5 Å². The van der Waals surface area contributed by atoms with Crippen molar-refractivity contribution in [2.24, 2.45) is 0 Å². The number of thioether (sulfide) groups is 1. The third kappa shape index (κ3) is 4.17. The number of nitrogen functional groups attached to an aromatic ring is 1. The number of aromatic nitrogens is 2. The second kappa shape index (κ2) is 6.67. The normalized spacial score (nSPS) is 10.5. The van der Waals surface area contributed by atoms with Crippen LogP contribution < -0.4 is 11.1 Å². The van der Waals surface area contributed by atoms with Crippen molar-refractivity contribution in [2.75, 3.05) is 11.5 Å². The van der Waals surface area contributed by atoms with Gasteiger partial charge in [0, 0.05) is 6.54 Å². The van der Waals surface area contributed by atoms with E-state index in [2.05, 4.69) is 15.5 Å². The lowest BCUT2D eigenvalue weighted by Crippen LogP contribution is -2.24. The summed E-state index contributed by atoms with van der Waals surface area (Å²) in [5, 5.41) is 10.6. The van der Waals surface area contributed by atoms with E-state index in [1.165, 1.54) is 29.2 Å². The molecule has 106 valence electrons. The van der Waals surface area contributed by atoms with Crippen LogP contribution in [0.1, 0.15) is 11.1 Å². The van der Waals surface area contributed by atoms with Crippen molar-refractivity contribution >= 4 is 34.1 Å². The zero-order chi connectivity index (χ0) is 14.5. The van der Waals surface area contributed by atoms with Gasteiger partial charge < -0.3 is 11.1 Å². The van der Waals surface area contributed by atoms with Gasteiger partial charge in [0.15, 0.2) is 4.34 Å². The fourth-order valence-electron chi connectivity index (χ4n) is 1.40. The van der Waals surface area contributed by atoms with Gasteiger partial charge in [0.1, 0.15) is 5.82 Å². The molecule has 0 bridgehead atoms. The van der Waals surface area contributed by atoms with E-state index < -0.39 is 0 Å². The molecule has 0 spiro atoms. The van der Waals surface area contributed by atoms with Gasteiger partial charge in [-0.05, 0) is 24.1 Å². The van der Waals surface area contributed by atoms with Crippen molar-refractivity contribution in [1.29, 1.82) is 0 Å². The summed E-state index contributed by atoms with van der Waals surface area (Å²) >= 11 is 2.51. The van der Waals surface area contributed by atoms with Crippen LogP contribution in [0.3, 0.4) is 0 Å². The van der Waals surface area contributed by atoms with E-state index in [-0.39, 0.29) is 17.5 Å². The van der Waals surface area contributed by atoms with Crippen molar-refractivity contribution < 1.29 is 9.18 Å². The number of nitrogens with one attached hydrogen (secondary N) is 1. The highest BCUT2D eigenvalue weighted by molar-refractivity contribution is 8.01. The molecule has 1 amide bonds. The van der Waals surface area contributed by atoms with Crippen molar-refractivity contribution in [3.8, 4) is 0 Å². The third-order valence-corrected chi connectivity index (χ3v) is 4.36. The summed E-state index contributed by atoms with van der Waals surface area (Å²) < 4.78 is 14.0. The first-order chi connectivity index (χ1) is 9.54. The van der Waals surface area contributed by atoms with Crippen molar-refractivity contribution in [3.63, 3.8) is 0 Å². The Labute approximate surface area is 123 Å². The quantitative estimate of drug-likeness (QED) is 0.825. The van der Waals surface area contributed by atoms with Gasteiger partial charge in [0.2, 0.25) is 11.0 Å². The molecular weight excluding hydrogens is 299 g/mol. The van der Waals surface area contributed by atoms with Gasteiger partial charge in [0.05, 0.1) is 5.75 Å². The molecule has 2 rings (SSSR count). The molecule has 20 heavy (non-hydrogen) atoms. The van der Waals surface area contributed by atoms with E-state index in [0.717, 1.165) is 5.56 Å². The Balaban J connectivity index is 1.78. The second-order valence-electron chi connectivity index (χ2n) is 4.06. The van der Waals surface area contributed by atoms with E-state index >= 15 is 0 Å². The van der Waals surface area contributed by atoms with Gasteiger partial charge in [-0.25, -0.2) is 4.39 Å². The minimum Gasteiger partial charge on any atom is -0.374 e. The maximum absolute atomic E-state index is 13.3. The minimum atomic E-state index is -0.268. The highest BCUT2D eigenvalue weighted by atomic mass is 32.2. The maximum Gasteiger partial charge on any atom is 0.230 e. The molecule has 0 fully saturated rings. The zero-order valence-corrected chi connectivity index (χ0v) is 12.4. The van der Waals surface area contributed by atoms with Gasteiger partial charge in [-0.3, -0.25) is 4.79 Å². The average molecular weight is 312 g/mol. The second-order valence-corrected chi connectivity index (χ2v) is 6.29. The lowest BCUT2D eigenvalue weighted by atomic mass is 10.1. The summed E-state index contributed by atoms with van der Waals surface area (Å²) in [6, 6.07) is 4.90. The number of nitrogens with zero attached hydrogens (tertiary/aromatic N) is 2. The van der Waals surface area contributed by atoms with E-state index in [1.807, 2.05) is 0 Å². The van der Waals surface area contributed by atoms with Crippen LogP contribution in [-0.2, 0) is 11.3 Å². The molecule has 1 aromatic carbocycles. The summed E-state index contributed by atoms with van der Waals surface area (Å²) in [5.41, 5.74) is 6.76. The van der Waals surface area contributed by atoms with Crippen LogP contribution in [0.2, 0.25) is 0 Å². The number of halogens is 1. The Bertz CT molecular complexity index is 617. The van der Waals surface area contributed by atoms with E-state index in [0.29, 0.717) is 21.6 Å². The highest BCUT2D eigenvalue weighted by Gasteiger charge is 2.07. The first-order valence-electron chi connectivity index (χ1n) is 5.78. The predicted molar refractivity (Wildman–Crippen MR) is 78.0 cm³/mol. The number of anilines is 1. The molecular formula is C12H13FN4OS2. The Morgan fingerprint density at radius 2 is 2.30 bits per heavy atom. The van der Waals surface area contributed by atoms with E-state index in [1.54, 1.807) is 19.1 Å². The van der Waals surface area contributed by atoms with Crippen molar-refractivity contribution in [2.45, 2.75) is 17.8 Å². The molecule has 0 saturated heterocycles. The van der Waals surface area contributed by atoms with Crippen LogP contribution in [0, 0.1) is 12.7 Å². The molecule has 0 aliphatic rings. The standard InChI is InChI=1S/C12H13FN4OS2/c1-7-2-3-8(4-9(7)13)5-15-10(18)6-19-12-17-16-11(14)20-12/h2-4H,5-6H2,1H3,(H2,14,16)(H,15,18). The van der Waals surface area contributed by atoms with Gasteiger partial charge in [-0.2, -0.15) is 0 Å². The van der Waals surface area contributed by atoms with E-state index in [9.17, 15) is 9.18 Å². The molecule has 3 N–H and O–H groups in total. The fraction of sp³-hybridized carbons (Fsp3) is 0.250. The Morgan fingerprint density at radius 3 is 2.95 bits per heavy atom. The lowest BCUT2D eigenvalue weighted by Gasteiger charge is -2.05. The van der Waals surface area contributed by atoms with E-state index in [4.69, 9.17) is 5.73 Å². The molecule has 2 aromatic rings. The SMILES string of the molecule is Cc1ccc(CNC(=O)CSc2nnc(N)s2)cc1F. The molecule has 0 radical (unpaired) electrons. The number of nitrogens with two attached hydrogens (primary N) is 1. The maximum atomic E-state index is 13.3. The van der Waals surface area contributed by atoms with Gasteiger partial charge in [-0.1, -0.05) is 35.2 Å². The number of benzene rings is 1. The summed E-state index contributed by atoms with van der Waals surface area (Å²) in [5.74, 6) is -0.191. The minimum absolute atomic E-state index is 0.148. The van der Waals surface area contributed by atoms with Crippen LogP contribution in [0.25, 0.3) is 0 Å². The lowest BCUT2D eigenvalue weighted by molar-refractivity contribution is -0.118. The molecule has 0 saturated carbocycles. The molecule has 1 heterocycles. The number of hydrogen-bond donors (Lipinski definition) is 2. The first kappa shape index (κ1) is 14.7. The van der Waals surface area contributed by atoms with Crippen molar-refractivity contribution in [1.82, 2.24) is 15.5 Å². The van der Waals surface area contributed by atoms with Crippen molar-refractivity contribution in [3.05, 3.63) is 35.1 Å². The monoisotopic (exact) mass is 312 g/mol. The first-order valence-corrected chi connectivity index (χ1v) is 7.58. The number of amides is 1. The smallest absolute Gasteiger partial charge is 0.230 e. The Kier molecular flexibility index (Phi) is 4.91. The Hall–Kier alpha value is -1.67. The summed E-state index contributed by atoms with van der Waals surface area (Å²) in [7, 11) is 0. The number of carbonyl (C=O) groups excluding carboxylic acids is 1. The molecule has 5 nitrogen and oxygen atoms in total. The summed E-state index contributed by atoms with van der Waals surface area (Å²) in [6.07, 6.45) is 0. The zero-order valence-electron chi connectivity index (χ0n) is 10.7. The average Bonchev–Trinajstić information content (AvgIpc) is 2.83. The van der Waals surface area contributed by atoms with Gasteiger partial charge in [-0.15, -0.1) is 10.2 Å². The molecule has 0 aliphatic carbocycles. The molecule has 0 atom stereocenters. The van der Waals surface area contributed by atoms with Crippen LogP contribution in [0.4, 0.5) is 9.52 Å². The largest absolute Gasteiger partial charge is 0.374 e. The van der Waals surface area contributed by atoms with Crippen LogP contribution in [0.5, 0.6) is 0 Å². The molecule has 1 aromatic heterocycles. The topological polar surface area (TPSA) is 80.9 Å².